The van der Waals surface area contributed by atoms with E-state index in [1.54, 1.807) is 0 Å². The predicted octanol–water partition coefficient (Wildman–Crippen LogP) is 0.674. The molecule has 0 amide bonds. The molecule has 1 N–H and O–H groups in total. The van der Waals surface area contributed by atoms with Gasteiger partial charge in [0.25, 0.3) is 0 Å². The lowest BCUT2D eigenvalue weighted by Gasteiger charge is -2.24. The number of esters is 1. The topological polar surface area (TPSA) is 81.7 Å². The zero-order valence-electron chi connectivity index (χ0n) is 11.8. The highest BCUT2D eigenvalue weighted by Gasteiger charge is 2.42. The fraction of sp³-hybridized carbons (Fsp3) is 0.923. The summed E-state index contributed by atoms with van der Waals surface area (Å²) in [5.41, 5.74) is 0. The summed E-state index contributed by atoms with van der Waals surface area (Å²) in [4.78, 5) is 11.6. The zero-order chi connectivity index (χ0) is 14.6. The SMILES string of the molecule is COC(=O)C1CCCC1S(=O)(=O)NCC1CCCOC1. The molecule has 0 aromatic heterocycles. The van der Waals surface area contributed by atoms with E-state index in [2.05, 4.69) is 4.72 Å². The van der Waals surface area contributed by atoms with Crippen molar-refractivity contribution in [1.29, 1.82) is 0 Å². The minimum atomic E-state index is -3.47. The Hall–Kier alpha value is -0.660. The molecule has 0 radical (unpaired) electrons. The van der Waals surface area contributed by atoms with Crippen LogP contribution in [-0.4, -0.2) is 46.5 Å². The molecule has 3 atom stereocenters. The van der Waals surface area contributed by atoms with Crippen LogP contribution in [0.15, 0.2) is 0 Å². The summed E-state index contributed by atoms with van der Waals surface area (Å²) in [6.07, 6.45) is 3.81. The number of hydrogen-bond donors (Lipinski definition) is 1. The molecular weight excluding hydrogens is 282 g/mol. The van der Waals surface area contributed by atoms with E-state index in [1.807, 2.05) is 0 Å². The first-order valence-corrected chi connectivity index (χ1v) is 8.73. The Morgan fingerprint density at radius 1 is 1.30 bits per heavy atom. The molecule has 0 aromatic rings. The van der Waals surface area contributed by atoms with E-state index >= 15 is 0 Å². The molecule has 1 saturated heterocycles. The smallest absolute Gasteiger partial charge is 0.310 e. The summed E-state index contributed by atoms with van der Waals surface area (Å²) in [6.45, 7) is 1.76. The monoisotopic (exact) mass is 305 g/mol. The second-order valence-electron chi connectivity index (χ2n) is 5.58. The number of hydrogen-bond acceptors (Lipinski definition) is 5. The Morgan fingerprint density at radius 2 is 2.10 bits per heavy atom. The standard InChI is InChI=1S/C13H23NO5S/c1-18-13(15)11-5-2-6-12(11)20(16,17)14-8-10-4-3-7-19-9-10/h10-12,14H,2-9H2,1H3. The van der Waals surface area contributed by atoms with Gasteiger partial charge >= 0.3 is 5.97 Å². The summed E-state index contributed by atoms with van der Waals surface area (Å²) in [5.74, 6) is -0.713. The summed E-state index contributed by atoms with van der Waals surface area (Å²) >= 11 is 0. The quantitative estimate of drug-likeness (QED) is 0.755. The molecule has 1 saturated carbocycles. The largest absolute Gasteiger partial charge is 0.469 e. The average molecular weight is 305 g/mol. The van der Waals surface area contributed by atoms with Crippen LogP contribution in [0.4, 0.5) is 0 Å². The van der Waals surface area contributed by atoms with Crippen molar-refractivity contribution in [3.63, 3.8) is 0 Å². The second kappa shape index (κ2) is 6.87. The highest BCUT2D eigenvalue weighted by atomic mass is 32.2. The molecule has 0 bridgehead atoms. The summed E-state index contributed by atoms with van der Waals surface area (Å²) < 4.78 is 37.4. The van der Waals surface area contributed by atoms with E-state index in [0.717, 1.165) is 25.9 Å². The van der Waals surface area contributed by atoms with Gasteiger partial charge in [0.1, 0.15) is 0 Å². The van der Waals surface area contributed by atoms with Gasteiger partial charge in [-0.3, -0.25) is 4.79 Å². The van der Waals surface area contributed by atoms with Crippen molar-refractivity contribution in [3.05, 3.63) is 0 Å². The maximum atomic E-state index is 12.3. The number of nitrogens with one attached hydrogen (secondary N) is 1. The van der Waals surface area contributed by atoms with E-state index in [-0.39, 0.29) is 5.92 Å². The van der Waals surface area contributed by atoms with Crippen molar-refractivity contribution in [3.8, 4) is 0 Å². The molecule has 3 unspecified atom stereocenters. The highest BCUT2D eigenvalue weighted by molar-refractivity contribution is 7.90. The van der Waals surface area contributed by atoms with Crippen LogP contribution in [0.25, 0.3) is 0 Å². The average Bonchev–Trinajstić information content (AvgIpc) is 2.96. The summed E-state index contributed by atoms with van der Waals surface area (Å²) in [7, 11) is -2.17. The Kier molecular flexibility index (Phi) is 5.40. The maximum Gasteiger partial charge on any atom is 0.310 e. The second-order valence-corrected chi connectivity index (χ2v) is 7.56. The van der Waals surface area contributed by atoms with Gasteiger partial charge in [-0.05, 0) is 31.6 Å². The molecule has 0 aromatic carbocycles. The molecule has 2 fully saturated rings. The molecule has 6 nitrogen and oxygen atoms in total. The fourth-order valence-corrected chi connectivity index (χ4v) is 4.87. The molecule has 1 aliphatic carbocycles. The van der Waals surface area contributed by atoms with E-state index < -0.39 is 27.2 Å². The molecule has 116 valence electrons. The van der Waals surface area contributed by atoms with Crippen LogP contribution < -0.4 is 4.72 Å². The Balaban J connectivity index is 1.93. The van der Waals surface area contributed by atoms with Gasteiger partial charge in [-0.25, -0.2) is 13.1 Å². The Bertz CT molecular complexity index is 430. The first-order valence-electron chi connectivity index (χ1n) is 7.18. The lowest BCUT2D eigenvalue weighted by atomic mass is 10.0. The molecule has 20 heavy (non-hydrogen) atoms. The van der Waals surface area contributed by atoms with Gasteiger partial charge in [0.15, 0.2) is 0 Å². The normalized spacial score (nSPS) is 31.1. The third-order valence-electron chi connectivity index (χ3n) is 4.18. The van der Waals surface area contributed by atoms with Crippen LogP contribution in [-0.2, 0) is 24.3 Å². The van der Waals surface area contributed by atoms with Crippen LogP contribution in [0.2, 0.25) is 0 Å². The lowest BCUT2D eigenvalue weighted by molar-refractivity contribution is -0.145. The van der Waals surface area contributed by atoms with Crippen molar-refractivity contribution < 1.29 is 22.7 Å². The predicted molar refractivity (Wildman–Crippen MR) is 73.6 cm³/mol. The molecule has 2 rings (SSSR count). The molecule has 7 heteroatoms. The minimum absolute atomic E-state index is 0.233. The van der Waals surface area contributed by atoms with E-state index in [4.69, 9.17) is 9.47 Å². The van der Waals surface area contributed by atoms with E-state index in [1.165, 1.54) is 7.11 Å². The first kappa shape index (κ1) is 15.7. The number of carbonyl (C=O) groups is 1. The van der Waals surface area contributed by atoms with Crippen LogP contribution in [0, 0.1) is 11.8 Å². The van der Waals surface area contributed by atoms with Crippen LogP contribution in [0.1, 0.15) is 32.1 Å². The highest BCUT2D eigenvalue weighted by Crippen LogP contribution is 2.31. The van der Waals surface area contributed by atoms with Gasteiger partial charge in [-0.15, -0.1) is 0 Å². The third kappa shape index (κ3) is 3.71. The minimum Gasteiger partial charge on any atom is -0.469 e. The van der Waals surface area contributed by atoms with Gasteiger partial charge < -0.3 is 9.47 Å². The van der Waals surface area contributed by atoms with Gasteiger partial charge in [0, 0.05) is 13.2 Å². The first-order chi connectivity index (χ1) is 9.54. The van der Waals surface area contributed by atoms with Crippen molar-refractivity contribution in [1.82, 2.24) is 4.72 Å². The maximum absolute atomic E-state index is 12.3. The number of ether oxygens (including phenoxy) is 2. The molecule has 0 spiro atoms. The Morgan fingerprint density at radius 3 is 2.75 bits per heavy atom. The van der Waals surface area contributed by atoms with Gasteiger partial charge in [0.2, 0.25) is 10.0 Å². The zero-order valence-corrected chi connectivity index (χ0v) is 12.7. The Labute approximate surface area is 120 Å². The van der Waals surface area contributed by atoms with Gasteiger partial charge in [-0.1, -0.05) is 6.42 Å². The van der Waals surface area contributed by atoms with E-state index in [9.17, 15) is 13.2 Å². The summed E-state index contributed by atoms with van der Waals surface area (Å²) in [6, 6.07) is 0. The molecule has 1 aliphatic heterocycles. The molecular formula is C13H23NO5S. The third-order valence-corrected chi connectivity index (χ3v) is 6.11. The van der Waals surface area contributed by atoms with Crippen molar-refractivity contribution in [2.75, 3.05) is 26.9 Å². The van der Waals surface area contributed by atoms with Gasteiger partial charge in [-0.2, -0.15) is 0 Å². The molecule has 2 aliphatic rings. The fourth-order valence-electron chi connectivity index (χ4n) is 3.03. The molecule has 1 heterocycles. The lowest BCUT2D eigenvalue weighted by Crippen LogP contribution is -2.42. The number of methoxy groups -OCH3 is 1. The van der Waals surface area contributed by atoms with Gasteiger partial charge in [0.05, 0.1) is 24.9 Å². The van der Waals surface area contributed by atoms with Crippen molar-refractivity contribution in [2.45, 2.75) is 37.4 Å². The number of sulfonamides is 1. The van der Waals surface area contributed by atoms with E-state index in [0.29, 0.717) is 26.0 Å². The number of rotatable bonds is 5. The van der Waals surface area contributed by atoms with Crippen LogP contribution in [0.5, 0.6) is 0 Å². The summed E-state index contributed by atoms with van der Waals surface area (Å²) in [5, 5.41) is -0.653. The van der Waals surface area contributed by atoms with Crippen LogP contribution >= 0.6 is 0 Å². The van der Waals surface area contributed by atoms with Crippen molar-refractivity contribution >= 4 is 16.0 Å². The van der Waals surface area contributed by atoms with Crippen molar-refractivity contribution in [2.24, 2.45) is 11.8 Å². The van der Waals surface area contributed by atoms with Crippen LogP contribution in [0.3, 0.4) is 0 Å². The number of carbonyl (C=O) groups excluding carboxylic acids is 1.